The first-order valence-electron chi connectivity index (χ1n) is 6.61. The number of rotatable bonds is 3. The van der Waals surface area contributed by atoms with E-state index < -0.39 is 10.7 Å². The standard InChI is InChI=1S/C15H14FN3O2/c16-12-6-10(7-13(8-12)19(20)21)9-18-5-4-11-2-1-3-14(17)15(11)18/h1-3,6-8H,4-5,9,17H2. The van der Waals surface area contributed by atoms with Crippen LogP contribution in [0.1, 0.15) is 11.1 Å². The van der Waals surface area contributed by atoms with Crippen molar-refractivity contribution in [1.82, 2.24) is 0 Å². The van der Waals surface area contributed by atoms with Crippen LogP contribution in [-0.4, -0.2) is 11.5 Å². The highest BCUT2D eigenvalue weighted by Crippen LogP contribution is 2.34. The topological polar surface area (TPSA) is 72.4 Å². The molecular formula is C15H14FN3O2. The molecule has 0 unspecified atom stereocenters. The number of anilines is 2. The average molecular weight is 287 g/mol. The number of nitro benzene ring substituents is 1. The minimum absolute atomic E-state index is 0.231. The first-order chi connectivity index (χ1) is 10.0. The van der Waals surface area contributed by atoms with Gasteiger partial charge in [-0.3, -0.25) is 10.1 Å². The molecule has 0 spiro atoms. The molecule has 0 saturated carbocycles. The molecule has 0 aromatic heterocycles. The SMILES string of the molecule is Nc1cccc2c1N(Cc1cc(F)cc([N+](=O)[O-])c1)CC2. The zero-order chi connectivity index (χ0) is 15.0. The first kappa shape index (κ1) is 13.4. The van der Waals surface area contributed by atoms with Gasteiger partial charge in [-0.05, 0) is 29.7 Å². The fourth-order valence-corrected chi connectivity index (χ4v) is 2.77. The Hall–Kier alpha value is -2.63. The van der Waals surface area contributed by atoms with E-state index in [2.05, 4.69) is 0 Å². The second-order valence-corrected chi connectivity index (χ2v) is 5.10. The summed E-state index contributed by atoms with van der Waals surface area (Å²) >= 11 is 0. The molecule has 1 aliphatic heterocycles. The van der Waals surface area contributed by atoms with Crippen LogP contribution in [0.3, 0.4) is 0 Å². The molecule has 0 bridgehead atoms. The molecule has 21 heavy (non-hydrogen) atoms. The Bertz CT molecular complexity index is 718. The summed E-state index contributed by atoms with van der Waals surface area (Å²) in [5.41, 5.74) is 9.12. The van der Waals surface area contributed by atoms with Crippen molar-refractivity contribution in [3.05, 3.63) is 63.5 Å². The van der Waals surface area contributed by atoms with Gasteiger partial charge < -0.3 is 10.6 Å². The van der Waals surface area contributed by atoms with Gasteiger partial charge in [-0.1, -0.05) is 12.1 Å². The summed E-state index contributed by atoms with van der Waals surface area (Å²) in [7, 11) is 0. The molecule has 1 heterocycles. The van der Waals surface area contributed by atoms with Gasteiger partial charge in [0.05, 0.1) is 22.4 Å². The molecule has 0 saturated heterocycles. The number of fused-ring (bicyclic) bond motifs is 1. The molecule has 5 nitrogen and oxygen atoms in total. The van der Waals surface area contributed by atoms with Crippen molar-refractivity contribution >= 4 is 17.1 Å². The average Bonchev–Trinajstić information content (AvgIpc) is 2.82. The lowest BCUT2D eigenvalue weighted by molar-refractivity contribution is -0.385. The van der Waals surface area contributed by atoms with Crippen molar-refractivity contribution in [2.75, 3.05) is 17.2 Å². The number of halogens is 1. The van der Waals surface area contributed by atoms with Crippen LogP contribution in [0.2, 0.25) is 0 Å². The van der Waals surface area contributed by atoms with Gasteiger partial charge in [0.15, 0.2) is 0 Å². The highest BCUT2D eigenvalue weighted by Gasteiger charge is 2.22. The number of para-hydroxylation sites is 1. The predicted octanol–water partition coefficient (Wildman–Crippen LogP) is 2.88. The molecule has 2 N–H and O–H groups in total. The molecule has 108 valence electrons. The Morgan fingerprint density at radius 3 is 2.90 bits per heavy atom. The summed E-state index contributed by atoms with van der Waals surface area (Å²) in [6.45, 7) is 1.17. The van der Waals surface area contributed by atoms with Crippen molar-refractivity contribution < 1.29 is 9.31 Å². The third kappa shape index (κ3) is 2.52. The molecule has 2 aromatic carbocycles. The van der Waals surface area contributed by atoms with Gasteiger partial charge in [0.1, 0.15) is 5.82 Å². The van der Waals surface area contributed by atoms with Crippen molar-refractivity contribution in [2.45, 2.75) is 13.0 Å². The quantitative estimate of drug-likeness (QED) is 0.535. The van der Waals surface area contributed by atoms with E-state index in [0.717, 1.165) is 30.3 Å². The fourth-order valence-electron chi connectivity index (χ4n) is 2.77. The Balaban J connectivity index is 1.91. The van der Waals surface area contributed by atoms with E-state index in [1.54, 1.807) is 0 Å². The molecule has 2 aromatic rings. The van der Waals surface area contributed by atoms with Crippen LogP contribution in [0.15, 0.2) is 36.4 Å². The number of benzene rings is 2. The zero-order valence-electron chi connectivity index (χ0n) is 11.3. The van der Waals surface area contributed by atoms with Crippen LogP contribution in [0, 0.1) is 15.9 Å². The number of non-ortho nitro benzene ring substituents is 1. The molecule has 0 aliphatic carbocycles. The lowest BCUT2D eigenvalue weighted by Gasteiger charge is -2.21. The van der Waals surface area contributed by atoms with Crippen LogP contribution in [0.5, 0.6) is 0 Å². The Labute approximate surface area is 120 Å². The molecule has 1 aliphatic rings. The zero-order valence-corrected chi connectivity index (χ0v) is 11.3. The number of nitrogens with two attached hydrogens (primary N) is 1. The van der Waals surface area contributed by atoms with Gasteiger partial charge in [0.2, 0.25) is 0 Å². The van der Waals surface area contributed by atoms with E-state index >= 15 is 0 Å². The van der Waals surface area contributed by atoms with Crippen LogP contribution in [0.25, 0.3) is 0 Å². The third-order valence-corrected chi connectivity index (χ3v) is 3.64. The van der Waals surface area contributed by atoms with Crippen LogP contribution < -0.4 is 10.6 Å². The highest BCUT2D eigenvalue weighted by molar-refractivity contribution is 5.74. The summed E-state index contributed by atoms with van der Waals surface area (Å²) in [6, 6.07) is 9.40. The van der Waals surface area contributed by atoms with Crippen molar-refractivity contribution in [3.63, 3.8) is 0 Å². The molecule has 0 amide bonds. The smallest absolute Gasteiger partial charge is 0.272 e. The molecular weight excluding hydrogens is 273 g/mol. The number of hydrogen-bond acceptors (Lipinski definition) is 4. The van der Waals surface area contributed by atoms with Crippen molar-refractivity contribution in [2.24, 2.45) is 0 Å². The lowest BCUT2D eigenvalue weighted by Crippen LogP contribution is -2.20. The number of nitrogen functional groups attached to an aromatic ring is 1. The third-order valence-electron chi connectivity index (χ3n) is 3.64. The monoisotopic (exact) mass is 287 g/mol. The molecule has 0 radical (unpaired) electrons. The predicted molar refractivity (Wildman–Crippen MR) is 78.7 cm³/mol. The van der Waals surface area contributed by atoms with Crippen LogP contribution in [0.4, 0.5) is 21.5 Å². The first-order valence-corrected chi connectivity index (χ1v) is 6.61. The molecule has 0 fully saturated rings. The van der Waals surface area contributed by atoms with Crippen LogP contribution in [-0.2, 0) is 13.0 Å². The number of nitrogens with zero attached hydrogens (tertiary/aromatic N) is 2. The highest BCUT2D eigenvalue weighted by atomic mass is 19.1. The van der Waals surface area contributed by atoms with Gasteiger partial charge >= 0.3 is 0 Å². The Morgan fingerprint density at radius 2 is 2.14 bits per heavy atom. The summed E-state index contributed by atoms with van der Waals surface area (Å²) in [5.74, 6) is -0.598. The maximum absolute atomic E-state index is 13.5. The van der Waals surface area contributed by atoms with Gasteiger partial charge in [0, 0.05) is 19.2 Å². The summed E-state index contributed by atoms with van der Waals surface area (Å²) < 4.78 is 13.5. The van der Waals surface area contributed by atoms with E-state index in [4.69, 9.17) is 5.73 Å². The van der Waals surface area contributed by atoms with E-state index in [0.29, 0.717) is 17.8 Å². The fraction of sp³-hybridized carbons (Fsp3) is 0.200. The van der Waals surface area contributed by atoms with E-state index in [9.17, 15) is 14.5 Å². The normalized spacial score (nSPS) is 13.3. The van der Waals surface area contributed by atoms with E-state index in [-0.39, 0.29) is 5.69 Å². The van der Waals surface area contributed by atoms with E-state index in [1.807, 2.05) is 23.1 Å². The van der Waals surface area contributed by atoms with Crippen molar-refractivity contribution in [3.8, 4) is 0 Å². The van der Waals surface area contributed by atoms with Gasteiger partial charge in [-0.25, -0.2) is 4.39 Å². The van der Waals surface area contributed by atoms with E-state index in [1.165, 1.54) is 12.1 Å². The maximum atomic E-state index is 13.5. The summed E-state index contributed by atoms with van der Waals surface area (Å²) in [5, 5.41) is 10.8. The lowest BCUT2D eigenvalue weighted by atomic mass is 10.1. The number of hydrogen-bond donors (Lipinski definition) is 1. The van der Waals surface area contributed by atoms with Crippen LogP contribution >= 0.6 is 0 Å². The maximum Gasteiger partial charge on any atom is 0.272 e. The molecule has 3 rings (SSSR count). The minimum Gasteiger partial charge on any atom is -0.397 e. The molecule has 6 heteroatoms. The van der Waals surface area contributed by atoms with Gasteiger partial charge in [-0.2, -0.15) is 0 Å². The van der Waals surface area contributed by atoms with Gasteiger partial charge in [0.25, 0.3) is 5.69 Å². The second kappa shape index (κ2) is 5.05. The van der Waals surface area contributed by atoms with Crippen molar-refractivity contribution in [1.29, 1.82) is 0 Å². The summed E-state index contributed by atoms with van der Waals surface area (Å²) in [4.78, 5) is 12.2. The molecule has 0 atom stereocenters. The summed E-state index contributed by atoms with van der Waals surface area (Å²) in [6.07, 6.45) is 0.873. The van der Waals surface area contributed by atoms with Gasteiger partial charge in [-0.15, -0.1) is 0 Å². The minimum atomic E-state index is -0.598. The number of nitro groups is 1. The second-order valence-electron chi connectivity index (χ2n) is 5.10. The largest absolute Gasteiger partial charge is 0.397 e. The Kier molecular flexibility index (Phi) is 3.21. The Morgan fingerprint density at radius 1 is 1.33 bits per heavy atom.